The number of hydrogen-bond acceptors (Lipinski definition) is 8. The van der Waals surface area contributed by atoms with Gasteiger partial charge in [-0.25, -0.2) is 0 Å². The van der Waals surface area contributed by atoms with Gasteiger partial charge in [-0.15, -0.1) is 0 Å². The molecule has 0 radical (unpaired) electrons. The summed E-state index contributed by atoms with van der Waals surface area (Å²) in [7, 11) is 0. The second-order valence-corrected chi connectivity index (χ2v) is 10.9. The first-order valence-electron chi connectivity index (χ1n) is 14.9. The fraction of sp³-hybridized carbons (Fsp3) is 0.158. The molecule has 0 aliphatic rings. The Morgan fingerprint density at radius 2 is 1.11 bits per heavy atom. The predicted octanol–water partition coefficient (Wildman–Crippen LogP) is 6.99. The Kier molecular flexibility index (Phi) is 8.61. The normalized spacial score (nSPS) is 11.1. The molecule has 6 rings (SSSR count). The summed E-state index contributed by atoms with van der Waals surface area (Å²) < 4.78 is 23.4. The monoisotopic (exact) mass is 614 g/mol. The van der Waals surface area contributed by atoms with Crippen LogP contribution in [0.3, 0.4) is 0 Å². The summed E-state index contributed by atoms with van der Waals surface area (Å²) in [5.74, 6) is -0.202. The number of aryl methyl sites for hydroxylation is 4. The Labute approximate surface area is 263 Å². The van der Waals surface area contributed by atoms with E-state index in [2.05, 4.69) is 0 Å². The molecular weight excluding hydrogens is 584 g/mol. The molecule has 0 aliphatic carbocycles. The fourth-order valence-corrected chi connectivity index (χ4v) is 5.59. The minimum atomic E-state index is -0.611. The van der Waals surface area contributed by atoms with Crippen LogP contribution in [0.2, 0.25) is 0 Å². The van der Waals surface area contributed by atoms with Crippen molar-refractivity contribution in [1.29, 1.82) is 0 Å². The van der Waals surface area contributed by atoms with Crippen molar-refractivity contribution >= 4 is 33.9 Å². The molecule has 0 atom stereocenters. The molecule has 4 aromatic carbocycles. The Balaban J connectivity index is 1.52. The van der Waals surface area contributed by atoms with Crippen molar-refractivity contribution in [2.24, 2.45) is 0 Å². The number of ether oxygens (including phenoxy) is 2. The lowest BCUT2D eigenvalue weighted by Crippen LogP contribution is -2.11. The number of carbonyl (C=O) groups excluding carboxylic acids is 2. The van der Waals surface area contributed by atoms with Crippen LogP contribution in [0.15, 0.2) is 115 Å². The van der Waals surface area contributed by atoms with Gasteiger partial charge in [0.2, 0.25) is 0 Å². The highest BCUT2D eigenvalue weighted by molar-refractivity contribution is 6.07. The van der Waals surface area contributed by atoms with Gasteiger partial charge in [-0.05, 0) is 48.2 Å². The Morgan fingerprint density at radius 3 is 1.70 bits per heavy atom. The first-order chi connectivity index (χ1) is 22.3. The molecule has 0 unspecified atom stereocenters. The number of rotatable bonds is 9. The molecule has 0 amide bonds. The van der Waals surface area contributed by atoms with Gasteiger partial charge < -0.3 is 18.3 Å². The Hall–Kier alpha value is -5.76. The predicted molar refractivity (Wildman–Crippen MR) is 174 cm³/mol. The number of fused-ring (bicyclic) bond motifs is 2. The molecule has 6 aromatic rings. The summed E-state index contributed by atoms with van der Waals surface area (Å²) in [4.78, 5) is 51.8. The number of esters is 2. The molecule has 2 aromatic heterocycles. The van der Waals surface area contributed by atoms with E-state index in [0.29, 0.717) is 37.2 Å². The van der Waals surface area contributed by atoms with Gasteiger partial charge in [0, 0.05) is 49.9 Å². The molecule has 230 valence electrons. The van der Waals surface area contributed by atoms with E-state index < -0.39 is 17.4 Å². The second-order valence-electron chi connectivity index (χ2n) is 10.9. The third kappa shape index (κ3) is 6.51. The van der Waals surface area contributed by atoms with Gasteiger partial charge in [-0.1, -0.05) is 60.7 Å². The van der Waals surface area contributed by atoms with Crippen LogP contribution < -0.4 is 20.3 Å². The lowest BCUT2D eigenvalue weighted by molar-refractivity contribution is -0.132. The highest BCUT2D eigenvalue weighted by atomic mass is 16.5. The van der Waals surface area contributed by atoms with E-state index in [1.54, 1.807) is 12.1 Å². The largest absolute Gasteiger partial charge is 0.461 e. The number of carbonyl (C=O) groups is 2. The molecule has 46 heavy (non-hydrogen) atoms. The van der Waals surface area contributed by atoms with Crippen LogP contribution in [0.1, 0.15) is 36.5 Å². The molecule has 8 nitrogen and oxygen atoms in total. The zero-order valence-electron chi connectivity index (χ0n) is 25.3. The maximum atomic E-state index is 13.9. The van der Waals surface area contributed by atoms with Crippen molar-refractivity contribution in [2.75, 3.05) is 0 Å². The summed E-state index contributed by atoms with van der Waals surface area (Å²) >= 11 is 0. The van der Waals surface area contributed by atoms with E-state index in [4.69, 9.17) is 18.3 Å². The Bertz CT molecular complexity index is 2190. The summed E-state index contributed by atoms with van der Waals surface area (Å²) in [5, 5.41) is 0.201. The van der Waals surface area contributed by atoms with Crippen molar-refractivity contribution in [3.8, 4) is 22.6 Å². The van der Waals surface area contributed by atoms with Gasteiger partial charge in [-0.3, -0.25) is 19.2 Å². The van der Waals surface area contributed by atoms with Crippen LogP contribution in [-0.4, -0.2) is 11.9 Å². The lowest BCUT2D eigenvalue weighted by Gasteiger charge is -2.16. The topological polar surface area (TPSA) is 113 Å². The molecule has 0 bridgehead atoms. The van der Waals surface area contributed by atoms with E-state index >= 15 is 0 Å². The summed E-state index contributed by atoms with van der Waals surface area (Å²) in [6.45, 7) is 2.50. The van der Waals surface area contributed by atoms with Crippen LogP contribution in [0, 0.1) is 0 Å². The average Bonchev–Trinajstić information content (AvgIpc) is 3.04. The van der Waals surface area contributed by atoms with Crippen LogP contribution in [-0.2, 0) is 35.3 Å². The lowest BCUT2D eigenvalue weighted by atomic mass is 9.95. The first-order valence-corrected chi connectivity index (χ1v) is 14.9. The quantitative estimate of drug-likeness (QED) is 0.127. The van der Waals surface area contributed by atoms with Gasteiger partial charge in [0.1, 0.15) is 22.9 Å². The zero-order valence-corrected chi connectivity index (χ0v) is 25.3. The van der Waals surface area contributed by atoms with Crippen molar-refractivity contribution in [3.05, 3.63) is 140 Å². The molecular formula is C38H30O8. The van der Waals surface area contributed by atoms with E-state index in [-0.39, 0.29) is 50.0 Å². The maximum Gasteiger partial charge on any atom is 0.308 e. The van der Waals surface area contributed by atoms with Gasteiger partial charge >= 0.3 is 11.9 Å². The molecule has 0 saturated carbocycles. The van der Waals surface area contributed by atoms with Crippen molar-refractivity contribution in [1.82, 2.24) is 0 Å². The van der Waals surface area contributed by atoms with Gasteiger partial charge in [0.25, 0.3) is 0 Å². The van der Waals surface area contributed by atoms with Crippen LogP contribution in [0.25, 0.3) is 33.1 Å². The first kappa shape index (κ1) is 30.3. The highest BCUT2D eigenvalue weighted by Gasteiger charge is 2.24. The van der Waals surface area contributed by atoms with Gasteiger partial charge in [0.05, 0.1) is 10.8 Å². The molecule has 2 heterocycles. The van der Waals surface area contributed by atoms with Gasteiger partial charge in [0.15, 0.2) is 22.2 Å². The third-order valence-electron chi connectivity index (χ3n) is 7.58. The van der Waals surface area contributed by atoms with E-state index in [0.717, 1.165) is 11.1 Å². The minimum absolute atomic E-state index is 0.0397. The van der Waals surface area contributed by atoms with E-state index in [1.165, 1.54) is 38.1 Å². The third-order valence-corrected chi connectivity index (χ3v) is 7.58. The standard InChI is InChI=1S/C38H30O8/c1-23(39)43-32-19-20-33-37(31(42)21-27(45-33)15-13-25-9-5-3-6-10-25)36(32)29-17-18-34(44-24(2)40)38-35(29)30(41)22-28(46-38)16-14-26-11-7-4-8-12-26/h3-12,17-22H,13-16H2,1-2H3. The molecule has 0 fully saturated rings. The number of benzene rings is 4. The van der Waals surface area contributed by atoms with Gasteiger partial charge in [-0.2, -0.15) is 0 Å². The average molecular weight is 615 g/mol. The fourth-order valence-electron chi connectivity index (χ4n) is 5.59. The molecule has 0 spiro atoms. The van der Waals surface area contributed by atoms with E-state index in [1.807, 2.05) is 60.7 Å². The Morgan fingerprint density at radius 1 is 0.587 bits per heavy atom. The van der Waals surface area contributed by atoms with Crippen molar-refractivity contribution in [2.45, 2.75) is 39.5 Å². The maximum absolute atomic E-state index is 13.9. The van der Waals surface area contributed by atoms with Crippen LogP contribution in [0.5, 0.6) is 11.5 Å². The SMILES string of the molecule is CC(=O)Oc1ccc2oc(CCc3ccccc3)cc(=O)c2c1-c1ccc(OC(C)=O)c2oc(CCc3ccccc3)cc(=O)c12. The van der Waals surface area contributed by atoms with Crippen LogP contribution in [0.4, 0.5) is 0 Å². The summed E-state index contributed by atoms with van der Waals surface area (Å²) in [6, 6.07) is 28.6. The van der Waals surface area contributed by atoms with Crippen molar-refractivity contribution < 1.29 is 27.9 Å². The molecule has 8 heteroatoms. The number of hydrogen-bond donors (Lipinski definition) is 0. The summed E-state index contributed by atoms with van der Waals surface area (Å²) in [6.07, 6.45) is 2.20. The van der Waals surface area contributed by atoms with Crippen molar-refractivity contribution in [3.63, 3.8) is 0 Å². The minimum Gasteiger partial charge on any atom is -0.461 e. The molecule has 0 N–H and O–H groups in total. The smallest absolute Gasteiger partial charge is 0.308 e. The van der Waals surface area contributed by atoms with Crippen LogP contribution >= 0.6 is 0 Å². The molecule has 0 saturated heterocycles. The zero-order chi connectivity index (χ0) is 32.2. The highest BCUT2D eigenvalue weighted by Crippen LogP contribution is 2.41. The van der Waals surface area contributed by atoms with E-state index in [9.17, 15) is 19.2 Å². The second kappa shape index (κ2) is 13.1. The summed E-state index contributed by atoms with van der Waals surface area (Å²) in [5.41, 5.74) is 2.15. The molecule has 0 aliphatic heterocycles.